The maximum Gasteiger partial charge on any atom is 0.338 e. The zero-order valence-electron chi connectivity index (χ0n) is 24.2. The minimum absolute atomic E-state index is 0.168. The van der Waals surface area contributed by atoms with Crippen LogP contribution in [0.1, 0.15) is 35.2 Å². The monoisotopic (exact) mass is 844 g/mol. The fourth-order valence-corrected chi connectivity index (χ4v) is 8.20. The number of hydrogen-bond donors (Lipinski definition) is 0. The quantitative estimate of drug-likeness (QED) is 0.117. The maximum atomic E-state index is 14.3. The number of carbonyl (C=O) groups excluding carboxylic acids is 1. The van der Waals surface area contributed by atoms with E-state index >= 15 is 0 Å². The van der Waals surface area contributed by atoms with E-state index in [2.05, 4.69) is 38.5 Å². The number of carbonyl (C=O) groups is 1. The van der Waals surface area contributed by atoms with E-state index in [1.165, 1.54) is 11.3 Å². The minimum Gasteiger partial charge on any atom is -0.487 e. The molecule has 1 aliphatic heterocycles. The summed E-state index contributed by atoms with van der Waals surface area (Å²) in [4.78, 5) is 33.4. The molecule has 5 aromatic rings. The van der Waals surface area contributed by atoms with Crippen molar-refractivity contribution in [2.75, 3.05) is 6.61 Å². The summed E-state index contributed by atoms with van der Waals surface area (Å²) in [5.74, 6) is 0.0821. The fraction of sp³-hybridized carbons (Fsp3) is 0.114. The van der Waals surface area contributed by atoms with E-state index in [1.807, 2.05) is 78.9 Å². The molecule has 0 saturated carbocycles. The fourth-order valence-electron chi connectivity index (χ4n) is 5.16. The number of benzene rings is 4. The Hall–Kier alpha value is -3.22. The molecule has 2 heterocycles. The maximum absolute atomic E-state index is 14.3. The molecule has 11 heteroatoms. The van der Waals surface area contributed by atoms with Crippen molar-refractivity contribution >= 4 is 90.8 Å². The van der Waals surface area contributed by atoms with Gasteiger partial charge in [-0.2, -0.15) is 0 Å². The Morgan fingerprint density at radius 1 is 1.02 bits per heavy atom. The normalized spacial score (nSPS) is 14.5. The van der Waals surface area contributed by atoms with Crippen molar-refractivity contribution in [1.29, 1.82) is 0 Å². The molecule has 0 aliphatic carbocycles. The highest BCUT2D eigenvalue weighted by Gasteiger charge is 2.35. The smallest absolute Gasteiger partial charge is 0.338 e. The van der Waals surface area contributed by atoms with Crippen LogP contribution in [0.3, 0.4) is 0 Å². The van der Waals surface area contributed by atoms with E-state index in [-0.39, 0.29) is 17.7 Å². The first-order chi connectivity index (χ1) is 22.2. The number of aromatic nitrogens is 1. The summed E-state index contributed by atoms with van der Waals surface area (Å²) < 4.78 is 15.5. The lowest BCUT2D eigenvalue weighted by molar-refractivity contribution is -0.138. The van der Waals surface area contributed by atoms with Crippen molar-refractivity contribution in [2.45, 2.75) is 19.6 Å². The largest absolute Gasteiger partial charge is 0.487 e. The summed E-state index contributed by atoms with van der Waals surface area (Å²) in [5, 5.41) is 1.16. The molecule has 0 bridgehead atoms. The van der Waals surface area contributed by atoms with Gasteiger partial charge in [0.1, 0.15) is 12.4 Å². The second-order valence-electron chi connectivity index (χ2n) is 10.2. The van der Waals surface area contributed by atoms with Crippen LogP contribution in [0, 0.1) is 3.57 Å². The lowest BCUT2D eigenvalue weighted by atomic mass is 9.93. The molecule has 0 unspecified atom stereocenters. The SMILES string of the molecule is CCOC(=O)C1=C(c2ccccc2)N=c2s/c(=C\c3cc(Br)cc(I)c3OCc3cccc(Cl)c3)c(=O)n2[C@@H]1c1ccc(Cl)cc1. The van der Waals surface area contributed by atoms with Crippen LogP contribution in [0.4, 0.5) is 0 Å². The molecular formula is C35H24BrCl2IN2O4S. The van der Waals surface area contributed by atoms with Gasteiger partial charge in [-0.15, -0.1) is 0 Å². The second-order valence-corrected chi connectivity index (χ2v) is 14.2. The topological polar surface area (TPSA) is 69.9 Å². The zero-order valence-corrected chi connectivity index (χ0v) is 30.2. The van der Waals surface area contributed by atoms with E-state index in [1.54, 1.807) is 29.7 Å². The van der Waals surface area contributed by atoms with Crippen molar-refractivity contribution in [1.82, 2.24) is 4.57 Å². The number of nitrogens with zero attached hydrogens (tertiary/aromatic N) is 2. The molecule has 0 saturated heterocycles. The molecule has 0 spiro atoms. The van der Waals surface area contributed by atoms with Crippen molar-refractivity contribution in [2.24, 2.45) is 4.99 Å². The Labute approximate surface area is 300 Å². The van der Waals surface area contributed by atoms with Crippen LogP contribution in [0.5, 0.6) is 5.75 Å². The van der Waals surface area contributed by atoms with Gasteiger partial charge in [0.05, 0.1) is 32.0 Å². The molecule has 4 aromatic carbocycles. The van der Waals surface area contributed by atoms with E-state index < -0.39 is 12.0 Å². The highest BCUT2D eigenvalue weighted by atomic mass is 127. The van der Waals surface area contributed by atoms with E-state index in [4.69, 9.17) is 37.7 Å². The predicted molar refractivity (Wildman–Crippen MR) is 195 cm³/mol. The van der Waals surface area contributed by atoms with Gasteiger partial charge in [-0.1, -0.05) is 105 Å². The van der Waals surface area contributed by atoms with Crippen molar-refractivity contribution in [3.8, 4) is 5.75 Å². The van der Waals surface area contributed by atoms with Crippen LogP contribution in [0.25, 0.3) is 11.8 Å². The van der Waals surface area contributed by atoms with Crippen LogP contribution in [0.2, 0.25) is 10.0 Å². The first kappa shape index (κ1) is 32.7. The third-order valence-electron chi connectivity index (χ3n) is 7.16. The molecule has 232 valence electrons. The van der Waals surface area contributed by atoms with Gasteiger partial charge in [0.25, 0.3) is 5.56 Å². The second kappa shape index (κ2) is 14.3. The minimum atomic E-state index is -0.800. The van der Waals surface area contributed by atoms with Gasteiger partial charge in [-0.05, 0) is 83.1 Å². The number of esters is 1. The number of rotatable bonds is 8. The average molecular weight is 846 g/mol. The zero-order chi connectivity index (χ0) is 32.4. The van der Waals surface area contributed by atoms with Crippen molar-refractivity contribution in [3.63, 3.8) is 0 Å². The molecule has 0 radical (unpaired) electrons. The van der Waals surface area contributed by atoms with Gasteiger partial charge in [0, 0.05) is 25.6 Å². The highest BCUT2D eigenvalue weighted by Crippen LogP contribution is 2.36. The van der Waals surface area contributed by atoms with Crippen LogP contribution in [-0.2, 0) is 16.1 Å². The predicted octanol–water partition coefficient (Wildman–Crippen LogP) is 8.19. The van der Waals surface area contributed by atoms with Crippen LogP contribution in [0.15, 0.2) is 111 Å². The molecule has 1 aromatic heterocycles. The van der Waals surface area contributed by atoms with Crippen LogP contribution in [-0.4, -0.2) is 17.1 Å². The summed E-state index contributed by atoms with van der Waals surface area (Å²) >= 11 is 19.5. The Morgan fingerprint density at radius 3 is 2.50 bits per heavy atom. The van der Waals surface area contributed by atoms with Gasteiger partial charge in [-0.25, -0.2) is 9.79 Å². The highest BCUT2D eigenvalue weighted by molar-refractivity contribution is 14.1. The molecule has 0 amide bonds. The molecule has 0 N–H and O–H groups in total. The summed E-state index contributed by atoms with van der Waals surface area (Å²) in [5.41, 5.74) is 3.49. The number of thiazole rings is 1. The Bertz CT molecular complexity index is 2170. The average Bonchev–Trinajstić information content (AvgIpc) is 3.35. The first-order valence-corrected chi connectivity index (χ1v) is 17.6. The van der Waals surface area contributed by atoms with Gasteiger partial charge >= 0.3 is 5.97 Å². The molecule has 46 heavy (non-hydrogen) atoms. The molecule has 0 fully saturated rings. The summed E-state index contributed by atoms with van der Waals surface area (Å²) in [6, 6.07) is 27.1. The number of ether oxygens (including phenoxy) is 2. The summed E-state index contributed by atoms with van der Waals surface area (Å²) in [6.45, 7) is 2.21. The Kier molecular flexibility index (Phi) is 10.1. The van der Waals surface area contributed by atoms with E-state index in [0.29, 0.717) is 48.6 Å². The lowest BCUT2D eigenvalue weighted by Crippen LogP contribution is -2.40. The van der Waals surface area contributed by atoms with E-state index in [0.717, 1.165) is 19.2 Å². The van der Waals surface area contributed by atoms with E-state index in [9.17, 15) is 9.59 Å². The third kappa shape index (κ3) is 6.89. The number of hydrogen-bond acceptors (Lipinski definition) is 6. The summed E-state index contributed by atoms with van der Waals surface area (Å²) in [7, 11) is 0. The number of fused-ring (bicyclic) bond motifs is 1. The van der Waals surface area contributed by atoms with Gasteiger partial charge < -0.3 is 9.47 Å². The standard InChI is InChI=1S/C35H24BrCl2IN2O4S/c1-2-44-34(43)29-30(21-8-4-3-5-9-21)40-35-41(31(29)22-11-13-25(37)14-12-22)33(42)28(46-35)17-23-16-24(36)18-27(39)32(23)45-19-20-7-6-10-26(38)15-20/h3-18,31H,2,19H2,1H3/b28-17-/t31-/m1/s1. The lowest BCUT2D eigenvalue weighted by Gasteiger charge is -2.26. The van der Waals surface area contributed by atoms with Gasteiger partial charge in [0.15, 0.2) is 4.80 Å². The van der Waals surface area contributed by atoms with Crippen molar-refractivity contribution < 1.29 is 14.3 Å². The van der Waals surface area contributed by atoms with Crippen molar-refractivity contribution in [3.05, 3.63) is 157 Å². The van der Waals surface area contributed by atoms with Crippen LogP contribution < -0.4 is 19.6 Å². The molecular weight excluding hydrogens is 822 g/mol. The third-order valence-corrected chi connectivity index (χ3v) is 9.88. The summed E-state index contributed by atoms with van der Waals surface area (Å²) in [6.07, 6.45) is 1.80. The Morgan fingerprint density at radius 2 is 1.78 bits per heavy atom. The molecule has 1 aliphatic rings. The Balaban J connectivity index is 1.56. The van der Waals surface area contributed by atoms with Gasteiger partial charge in [-0.3, -0.25) is 9.36 Å². The number of halogens is 4. The first-order valence-electron chi connectivity index (χ1n) is 14.1. The van der Waals surface area contributed by atoms with Crippen LogP contribution >= 0.6 is 73.1 Å². The molecule has 1 atom stereocenters. The van der Waals surface area contributed by atoms with Gasteiger partial charge in [0.2, 0.25) is 0 Å². The molecule has 6 rings (SSSR count). The molecule has 6 nitrogen and oxygen atoms in total.